The average molecular weight is 527 g/mol. The molecule has 38 heavy (non-hydrogen) atoms. The molecule has 3 atom stereocenters. The molecule has 0 spiro atoms. The minimum Gasteiger partial charge on any atom is -0.331 e. The van der Waals surface area contributed by atoms with Gasteiger partial charge in [-0.15, -0.1) is 0 Å². The van der Waals surface area contributed by atoms with Gasteiger partial charge in [0.1, 0.15) is 6.33 Å². The highest BCUT2D eigenvalue weighted by Gasteiger charge is 2.53. The van der Waals surface area contributed by atoms with Gasteiger partial charge in [-0.1, -0.05) is 91.0 Å². The Morgan fingerprint density at radius 3 is 1.97 bits per heavy atom. The molecule has 1 aliphatic carbocycles. The Morgan fingerprint density at radius 2 is 1.42 bits per heavy atom. The first-order valence-corrected chi connectivity index (χ1v) is 14.2. The third kappa shape index (κ3) is 3.95. The van der Waals surface area contributed by atoms with E-state index >= 15 is 0 Å². The van der Waals surface area contributed by atoms with Crippen LogP contribution in [0.3, 0.4) is 0 Å². The minimum absolute atomic E-state index is 0.0144. The molecule has 0 saturated carbocycles. The summed E-state index contributed by atoms with van der Waals surface area (Å²) in [5.74, 6) is -0.762. The molecule has 3 aromatic carbocycles. The maximum atomic E-state index is 14.5. The van der Waals surface area contributed by atoms with E-state index in [1.54, 1.807) is 0 Å². The van der Waals surface area contributed by atoms with E-state index < -0.39 is 22.0 Å². The first-order valence-electron chi connectivity index (χ1n) is 12.8. The number of carbonyl (C=O) groups excluding carboxylic acids is 1. The van der Waals surface area contributed by atoms with Crippen LogP contribution < -0.4 is 0 Å². The molecule has 194 valence electrons. The molecule has 1 aromatic heterocycles. The van der Waals surface area contributed by atoms with Crippen LogP contribution in [0, 0.1) is 11.8 Å². The van der Waals surface area contributed by atoms with Crippen molar-refractivity contribution in [3.05, 3.63) is 125 Å². The molecule has 0 bridgehead atoms. The number of imidazole rings is 1. The predicted octanol–water partition coefficient (Wildman–Crippen LogP) is 4.09. The number of hydrogen-bond donors (Lipinski definition) is 0. The number of rotatable bonds is 6. The summed E-state index contributed by atoms with van der Waals surface area (Å²) in [6, 6.07) is 29.8. The summed E-state index contributed by atoms with van der Waals surface area (Å²) in [6.45, 7) is 0.577. The van der Waals surface area contributed by atoms with E-state index in [0.717, 1.165) is 22.4 Å². The molecule has 2 aliphatic rings. The molecule has 1 saturated heterocycles. The fraction of sp³-hybridized carbons (Fsp3) is 0.267. The van der Waals surface area contributed by atoms with E-state index in [1.807, 2.05) is 71.6 Å². The Balaban J connectivity index is 1.49. The molecule has 1 fully saturated rings. The van der Waals surface area contributed by atoms with Crippen LogP contribution in [0.2, 0.25) is 0 Å². The van der Waals surface area contributed by atoms with Crippen molar-refractivity contribution in [3.8, 4) is 0 Å². The second kappa shape index (κ2) is 9.53. The van der Waals surface area contributed by atoms with Crippen LogP contribution >= 0.6 is 0 Å². The van der Waals surface area contributed by atoms with Crippen LogP contribution in [0.1, 0.15) is 40.0 Å². The van der Waals surface area contributed by atoms with Gasteiger partial charge in [0.25, 0.3) is 0 Å². The van der Waals surface area contributed by atoms with E-state index in [4.69, 9.17) is 0 Å². The molecule has 2 heterocycles. The Kier molecular flexibility index (Phi) is 6.16. The Morgan fingerprint density at radius 1 is 0.868 bits per heavy atom. The van der Waals surface area contributed by atoms with E-state index in [2.05, 4.69) is 29.2 Å². The number of fused-ring (bicyclic) bond motifs is 2. The fourth-order valence-electron chi connectivity index (χ4n) is 6.17. The van der Waals surface area contributed by atoms with E-state index in [0.29, 0.717) is 18.7 Å². The van der Waals surface area contributed by atoms with Crippen LogP contribution in [-0.2, 0) is 21.4 Å². The summed E-state index contributed by atoms with van der Waals surface area (Å²) < 4.78 is 29.1. The molecular weight excluding hydrogens is 496 g/mol. The summed E-state index contributed by atoms with van der Waals surface area (Å²) in [5, 5.41) is 0. The molecule has 0 N–H and O–H groups in total. The lowest BCUT2D eigenvalue weighted by atomic mass is 9.71. The number of hydrogen-bond acceptors (Lipinski definition) is 4. The van der Waals surface area contributed by atoms with Gasteiger partial charge in [0, 0.05) is 26.6 Å². The van der Waals surface area contributed by atoms with Crippen molar-refractivity contribution in [1.29, 1.82) is 0 Å². The van der Waals surface area contributed by atoms with E-state index in [1.165, 1.54) is 28.7 Å². The third-order valence-electron chi connectivity index (χ3n) is 7.88. The van der Waals surface area contributed by atoms with Gasteiger partial charge in [0.2, 0.25) is 5.91 Å². The van der Waals surface area contributed by atoms with Gasteiger partial charge in [-0.25, -0.2) is 8.96 Å². The maximum absolute atomic E-state index is 14.5. The molecule has 4 aromatic rings. The van der Waals surface area contributed by atoms with Crippen LogP contribution in [-0.4, -0.2) is 53.1 Å². The van der Waals surface area contributed by atoms with Gasteiger partial charge in [-0.2, -0.15) is 12.7 Å². The highest BCUT2D eigenvalue weighted by molar-refractivity contribution is 7.87. The molecule has 0 radical (unpaired) electrons. The highest BCUT2D eigenvalue weighted by atomic mass is 32.2. The molecule has 0 unspecified atom stereocenters. The smallest absolute Gasteiger partial charge is 0.308 e. The van der Waals surface area contributed by atoms with Crippen LogP contribution in [0.4, 0.5) is 0 Å². The summed E-state index contributed by atoms with van der Waals surface area (Å²) in [7, 11) is -0.792. The lowest BCUT2D eigenvalue weighted by Gasteiger charge is -2.33. The van der Waals surface area contributed by atoms with Crippen molar-refractivity contribution < 1.29 is 13.2 Å². The summed E-state index contributed by atoms with van der Waals surface area (Å²) in [6.07, 6.45) is 1.95. The topological polar surface area (TPSA) is 75.5 Å². The van der Waals surface area contributed by atoms with Crippen LogP contribution in [0.15, 0.2) is 97.3 Å². The second-order valence-electron chi connectivity index (χ2n) is 10.3. The zero-order valence-corrected chi connectivity index (χ0v) is 22.2. The number of likely N-dealkylation sites (tertiary alicyclic amines) is 1. The first kappa shape index (κ1) is 24.6. The zero-order chi connectivity index (χ0) is 26.4. The lowest BCUT2D eigenvalue weighted by Crippen LogP contribution is -2.37. The van der Waals surface area contributed by atoms with Crippen LogP contribution in [0.5, 0.6) is 0 Å². The van der Waals surface area contributed by atoms with Crippen molar-refractivity contribution in [3.63, 3.8) is 0 Å². The molecule has 8 heteroatoms. The lowest BCUT2D eigenvalue weighted by molar-refractivity contribution is -0.133. The Hall–Kier alpha value is -3.75. The maximum Gasteiger partial charge on any atom is 0.308 e. The normalized spacial score (nSPS) is 21.1. The average Bonchev–Trinajstić information content (AvgIpc) is 3.51. The molecule has 1 amide bonds. The highest BCUT2D eigenvalue weighted by Crippen LogP contribution is 2.50. The number of benzene rings is 3. The minimum atomic E-state index is -3.82. The molecular formula is C30H30N4O3S. The van der Waals surface area contributed by atoms with Gasteiger partial charge in [0.15, 0.2) is 0 Å². The van der Waals surface area contributed by atoms with Crippen molar-refractivity contribution in [2.75, 3.05) is 20.6 Å². The fourth-order valence-corrected chi connectivity index (χ4v) is 7.15. The van der Waals surface area contributed by atoms with Gasteiger partial charge < -0.3 is 4.90 Å². The standard InChI is InChI=1S/C30H30N4O3S/c1-32(2)38(36,37)34-20-31-25-18-24-19-33(28(22-14-8-4-9-15-22)23-16-10-5-11-17-23)30(35)27(24)26(29(25)34)21-12-6-3-7-13-21/h3-17,20,24,26-28H,18-19H2,1-2H3/t24-,26+,27-/m1/s1. The van der Waals surface area contributed by atoms with Gasteiger partial charge >= 0.3 is 10.2 Å². The summed E-state index contributed by atoms with van der Waals surface area (Å²) in [4.78, 5) is 21.0. The first-order chi connectivity index (χ1) is 18.4. The number of nitrogens with zero attached hydrogens (tertiary/aromatic N) is 4. The van der Waals surface area contributed by atoms with Crippen molar-refractivity contribution in [1.82, 2.24) is 18.2 Å². The molecule has 6 rings (SSSR count). The van der Waals surface area contributed by atoms with Gasteiger partial charge in [0.05, 0.1) is 23.3 Å². The number of amides is 1. The molecule has 7 nitrogen and oxygen atoms in total. The predicted molar refractivity (Wildman–Crippen MR) is 146 cm³/mol. The van der Waals surface area contributed by atoms with Gasteiger partial charge in [-0.3, -0.25) is 4.79 Å². The number of aromatic nitrogens is 2. The Bertz CT molecular complexity index is 1510. The zero-order valence-electron chi connectivity index (χ0n) is 21.4. The van der Waals surface area contributed by atoms with Gasteiger partial charge in [-0.05, 0) is 29.0 Å². The quantitative estimate of drug-likeness (QED) is 0.379. The van der Waals surface area contributed by atoms with Crippen LogP contribution in [0.25, 0.3) is 0 Å². The molecule has 1 aliphatic heterocycles. The monoisotopic (exact) mass is 526 g/mol. The largest absolute Gasteiger partial charge is 0.331 e. The summed E-state index contributed by atoms with van der Waals surface area (Å²) >= 11 is 0. The van der Waals surface area contributed by atoms with E-state index in [9.17, 15) is 13.2 Å². The second-order valence-corrected chi connectivity index (χ2v) is 12.3. The van der Waals surface area contributed by atoms with Crippen molar-refractivity contribution in [2.24, 2.45) is 11.8 Å². The van der Waals surface area contributed by atoms with Crippen molar-refractivity contribution in [2.45, 2.75) is 18.4 Å². The van der Waals surface area contributed by atoms with Crippen molar-refractivity contribution >= 4 is 16.1 Å². The summed E-state index contributed by atoms with van der Waals surface area (Å²) in [5.41, 5.74) is 4.37. The third-order valence-corrected chi connectivity index (χ3v) is 9.59. The number of carbonyl (C=O) groups is 1. The SMILES string of the molecule is CN(C)S(=O)(=O)n1cnc2c1[C@@H](c1ccccc1)[C@@H]1C(=O)N(C(c3ccccc3)c3ccccc3)C[C@H]1C2. The van der Waals surface area contributed by atoms with E-state index in [-0.39, 0.29) is 17.9 Å². The Labute approximate surface area is 223 Å².